The van der Waals surface area contributed by atoms with Crippen molar-refractivity contribution < 1.29 is 8.85 Å². The van der Waals surface area contributed by atoms with Crippen LogP contribution in [0.3, 0.4) is 0 Å². The summed E-state index contributed by atoms with van der Waals surface area (Å²) in [6.45, 7) is 13.1. The summed E-state index contributed by atoms with van der Waals surface area (Å²) in [6.07, 6.45) is 4.91. The van der Waals surface area contributed by atoms with Crippen LogP contribution in [-0.4, -0.2) is 34.5 Å². The molecule has 0 radical (unpaired) electrons. The van der Waals surface area contributed by atoms with Crippen LogP contribution in [0, 0.1) is 5.92 Å². The lowest BCUT2D eigenvalue weighted by Crippen LogP contribution is -2.44. The average molecular weight is 305 g/mol. The molecule has 0 aliphatic heterocycles. The van der Waals surface area contributed by atoms with Gasteiger partial charge in [-0.05, 0) is 45.3 Å². The number of hydrogen-bond acceptors (Lipinski definition) is 4. The van der Waals surface area contributed by atoms with Crippen LogP contribution in [0.5, 0.6) is 0 Å². The number of nitrogens with two attached hydrogens (primary N) is 1. The summed E-state index contributed by atoms with van der Waals surface area (Å²) in [5, 5.41) is 3.44. The van der Waals surface area contributed by atoms with Gasteiger partial charge in [0.15, 0.2) is 0 Å². The Labute approximate surface area is 127 Å². The maximum atomic E-state index is 6.08. The van der Waals surface area contributed by atoms with Gasteiger partial charge in [0.25, 0.3) is 0 Å². The summed E-state index contributed by atoms with van der Waals surface area (Å²) >= 11 is 0. The van der Waals surface area contributed by atoms with E-state index in [9.17, 15) is 0 Å². The molecular formula is C15H36N2O2Si. The highest BCUT2D eigenvalue weighted by atomic mass is 28.4. The molecule has 0 aromatic rings. The normalized spacial score (nSPS) is 15.3. The highest BCUT2D eigenvalue weighted by Crippen LogP contribution is 2.19. The van der Waals surface area contributed by atoms with Crippen molar-refractivity contribution in [2.75, 3.05) is 19.8 Å². The third-order valence-corrected chi connectivity index (χ3v) is 6.70. The molecule has 122 valence electrons. The molecule has 4 nitrogen and oxygen atoms in total. The van der Waals surface area contributed by atoms with E-state index in [1.54, 1.807) is 0 Å². The van der Waals surface area contributed by atoms with Crippen molar-refractivity contribution in [3.05, 3.63) is 0 Å². The van der Waals surface area contributed by atoms with Gasteiger partial charge in [-0.2, -0.15) is 0 Å². The maximum Gasteiger partial charge on any atom is 0.335 e. The minimum Gasteiger partial charge on any atom is -0.395 e. The van der Waals surface area contributed by atoms with Crippen LogP contribution in [0.25, 0.3) is 0 Å². The number of nitrogens with one attached hydrogen (secondary N) is 1. The van der Waals surface area contributed by atoms with Crippen molar-refractivity contribution >= 4 is 8.56 Å². The third kappa shape index (κ3) is 9.88. The minimum absolute atomic E-state index is 0.121. The quantitative estimate of drug-likeness (QED) is 0.312. The van der Waals surface area contributed by atoms with Gasteiger partial charge in [-0.25, -0.2) is 0 Å². The zero-order valence-electron chi connectivity index (χ0n) is 14.2. The van der Waals surface area contributed by atoms with Gasteiger partial charge in [-0.1, -0.05) is 33.1 Å². The molecule has 5 heteroatoms. The van der Waals surface area contributed by atoms with E-state index >= 15 is 0 Å². The molecule has 3 N–H and O–H groups in total. The van der Waals surface area contributed by atoms with Crippen LogP contribution < -0.4 is 11.1 Å². The van der Waals surface area contributed by atoms with Crippen LogP contribution in [0.2, 0.25) is 12.6 Å². The maximum absolute atomic E-state index is 6.08. The van der Waals surface area contributed by atoms with Crippen molar-refractivity contribution in [1.82, 2.24) is 5.32 Å². The number of hydrogen-bond donors (Lipinski definition) is 2. The topological polar surface area (TPSA) is 56.5 Å². The molecule has 2 atom stereocenters. The Morgan fingerprint density at radius 3 is 2.20 bits per heavy atom. The first-order valence-corrected chi connectivity index (χ1v) is 10.8. The van der Waals surface area contributed by atoms with Gasteiger partial charge >= 0.3 is 8.56 Å². The van der Waals surface area contributed by atoms with E-state index < -0.39 is 8.56 Å². The Bertz CT molecular complexity index is 224. The van der Waals surface area contributed by atoms with Crippen molar-refractivity contribution in [3.63, 3.8) is 0 Å². The zero-order chi connectivity index (χ0) is 15.4. The molecule has 0 rings (SSSR count). The number of rotatable bonds is 13. The van der Waals surface area contributed by atoms with E-state index in [0.29, 0.717) is 5.92 Å². The van der Waals surface area contributed by atoms with Gasteiger partial charge in [-0.15, -0.1) is 0 Å². The van der Waals surface area contributed by atoms with Crippen molar-refractivity contribution in [2.45, 2.75) is 72.1 Å². The Morgan fingerprint density at radius 1 is 1.10 bits per heavy atom. The first kappa shape index (κ1) is 20.1. The Balaban J connectivity index is 3.97. The van der Waals surface area contributed by atoms with Gasteiger partial charge < -0.3 is 19.9 Å². The fourth-order valence-corrected chi connectivity index (χ4v) is 5.49. The van der Waals surface area contributed by atoms with Gasteiger partial charge in [0.2, 0.25) is 0 Å². The molecule has 0 aliphatic rings. The lowest BCUT2D eigenvalue weighted by Gasteiger charge is -2.29. The second-order valence-corrected chi connectivity index (χ2v) is 9.07. The molecule has 0 bridgehead atoms. The third-order valence-electron chi connectivity index (χ3n) is 3.47. The molecule has 0 fully saturated rings. The lowest BCUT2D eigenvalue weighted by molar-refractivity contribution is 0.183. The summed E-state index contributed by atoms with van der Waals surface area (Å²) < 4.78 is 11.8. The highest BCUT2D eigenvalue weighted by molar-refractivity contribution is 6.66. The Kier molecular flexibility index (Phi) is 11.7. The molecule has 0 spiro atoms. The fraction of sp³-hybridized carbons (Fsp3) is 1.00. The van der Waals surface area contributed by atoms with E-state index in [2.05, 4.69) is 25.7 Å². The first-order valence-electron chi connectivity index (χ1n) is 8.24. The van der Waals surface area contributed by atoms with Gasteiger partial charge in [0.1, 0.15) is 0 Å². The molecule has 0 aromatic carbocycles. The Morgan fingerprint density at radius 2 is 1.70 bits per heavy atom. The highest BCUT2D eigenvalue weighted by Gasteiger charge is 2.32. The van der Waals surface area contributed by atoms with Crippen LogP contribution >= 0.6 is 0 Å². The standard InChI is InChI=1S/C15H36N2O2Si/c1-6-9-10-11-15(16)17-12-14(4)13-20(5,18-7-2)19-8-3/h14-15,17H,6-13,16H2,1-5H3. The predicted octanol–water partition coefficient (Wildman–Crippen LogP) is 3.22. The van der Waals surface area contributed by atoms with E-state index in [1.165, 1.54) is 19.3 Å². The second kappa shape index (κ2) is 11.7. The van der Waals surface area contributed by atoms with Crippen molar-refractivity contribution in [1.29, 1.82) is 0 Å². The fourth-order valence-electron chi connectivity index (χ4n) is 2.54. The van der Waals surface area contributed by atoms with Crippen molar-refractivity contribution in [3.8, 4) is 0 Å². The largest absolute Gasteiger partial charge is 0.395 e. The van der Waals surface area contributed by atoms with E-state index in [0.717, 1.165) is 32.2 Å². The summed E-state index contributed by atoms with van der Waals surface area (Å²) in [5.74, 6) is 0.530. The Hall–Kier alpha value is 0.0569. The molecule has 0 aromatic heterocycles. The predicted molar refractivity (Wildman–Crippen MR) is 89.0 cm³/mol. The van der Waals surface area contributed by atoms with Crippen LogP contribution in [0.15, 0.2) is 0 Å². The molecule has 0 aliphatic carbocycles. The van der Waals surface area contributed by atoms with Crippen LogP contribution in [0.4, 0.5) is 0 Å². The first-order chi connectivity index (χ1) is 9.47. The van der Waals surface area contributed by atoms with Gasteiger partial charge in [0, 0.05) is 13.2 Å². The molecule has 0 heterocycles. The summed E-state index contributed by atoms with van der Waals surface area (Å²) in [7, 11) is -2.00. The monoisotopic (exact) mass is 304 g/mol. The van der Waals surface area contributed by atoms with E-state index in [4.69, 9.17) is 14.6 Å². The molecule has 2 unspecified atom stereocenters. The van der Waals surface area contributed by atoms with Gasteiger partial charge in [-0.3, -0.25) is 0 Å². The number of unbranched alkanes of at least 4 members (excludes halogenated alkanes) is 2. The molecule has 0 amide bonds. The lowest BCUT2D eigenvalue weighted by atomic mass is 10.1. The SMILES string of the molecule is CCCCCC(N)NCC(C)C[Si](C)(OCC)OCC. The van der Waals surface area contributed by atoms with Crippen molar-refractivity contribution in [2.24, 2.45) is 11.7 Å². The molecular weight excluding hydrogens is 268 g/mol. The zero-order valence-corrected chi connectivity index (χ0v) is 15.2. The molecule has 0 saturated carbocycles. The van der Waals surface area contributed by atoms with Crippen LogP contribution in [-0.2, 0) is 8.85 Å². The molecule has 20 heavy (non-hydrogen) atoms. The summed E-state index contributed by atoms with van der Waals surface area (Å²) in [4.78, 5) is 0. The van der Waals surface area contributed by atoms with Gasteiger partial charge in [0.05, 0.1) is 6.17 Å². The summed E-state index contributed by atoms with van der Waals surface area (Å²) in [6, 6.07) is 1.02. The average Bonchev–Trinajstić information content (AvgIpc) is 2.37. The summed E-state index contributed by atoms with van der Waals surface area (Å²) in [5.41, 5.74) is 6.08. The van der Waals surface area contributed by atoms with E-state index in [1.807, 2.05) is 13.8 Å². The second-order valence-electron chi connectivity index (χ2n) is 5.82. The van der Waals surface area contributed by atoms with Crippen LogP contribution in [0.1, 0.15) is 53.4 Å². The smallest absolute Gasteiger partial charge is 0.335 e. The molecule has 0 saturated heterocycles. The van der Waals surface area contributed by atoms with E-state index in [-0.39, 0.29) is 6.17 Å². The minimum atomic E-state index is -2.00.